The van der Waals surface area contributed by atoms with Crippen molar-refractivity contribution in [2.75, 3.05) is 46.9 Å². The first-order valence-electron chi connectivity index (χ1n) is 34.9. The number of rotatable bonds is 18. The van der Waals surface area contributed by atoms with Gasteiger partial charge in [0.25, 0.3) is 0 Å². The minimum absolute atomic E-state index is 0.121. The van der Waals surface area contributed by atoms with Gasteiger partial charge in [-0.2, -0.15) is 0 Å². The summed E-state index contributed by atoms with van der Waals surface area (Å²) >= 11 is 13.9. The smallest absolute Gasteiger partial charge is 0.248 e. The normalized spacial score (nSPS) is 20.2. The van der Waals surface area contributed by atoms with Crippen LogP contribution < -0.4 is 62.5 Å². The fourth-order valence-electron chi connectivity index (χ4n) is 13.4. The molecule has 8 atom stereocenters. The highest BCUT2D eigenvalue weighted by Crippen LogP contribution is 2.49. The van der Waals surface area contributed by atoms with E-state index in [-0.39, 0.29) is 103 Å². The third kappa shape index (κ3) is 17.5. The van der Waals surface area contributed by atoms with Crippen LogP contribution in [0.3, 0.4) is 0 Å². The highest BCUT2D eigenvalue weighted by molar-refractivity contribution is 6.32. The first-order valence-corrected chi connectivity index (χ1v) is 35.7. The van der Waals surface area contributed by atoms with Crippen LogP contribution in [-0.4, -0.2) is 146 Å². The van der Waals surface area contributed by atoms with Crippen molar-refractivity contribution in [1.82, 2.24) is 42.5 Å². The molecule has 0 aliphatic carbocycles. The molecule has 28 nitrogen and oxygen atoms in total. The summed E-state index contributed by atoms with van der Waals surface area (Å²) in [5.74, 6) is -13.7. The number of aliphatic hydroxyl groups excluding tert-OH is 2. The predicted octanol–water partition coefficient (Wildman–Crippen LogP) is 7.71. The van der Waals surface area contributed by atoms with Gasteiger partial charge in [0.15, 0.2) is 23.0 Å². The van der Waals surface area contributed by atoms with Gasteiger partial charge >= 0.3 is 0 Å². The maximum absolute atomic E-state index is 16.1. The van der Waals surface area contributed by atoms with Crippen LogP contribution in [0.15, 0.2) is 109 Å². The third-order valence-electron chi connectivity index (χ3n) is 19.2. The fraction of sp³-hybridized carbons (Fsp3) is 0.355. The van der Waals surface area contributed by atoms with Crippen LogP contribution in [-0.2, 0) is 46.5 Å². The number of hydrogen-bond acceptors (Lipinski definition) is 20. The number of carbonyl (C=O) groups excluding carboxylic acids is 7. The molecule has 7 aromatic rings. The number of ether oxygens (including phenoxy) is 3. The van der Waals surface area contributed by atoms with Crippen LogP contribution in [0.1, 0.15) is 146 Å². The molecule has 0 unspecified atom stereocenters. The summed E-state index contributed by atoms with van der Waals surface area (Å²) in [5, 5.41) is 115. The highest BCUT2D eigenvalue weighted by atomic mass is 35.5. The molecule has 6 heterocycles. The van der Waals surface area contributed by atoms with Crippen LogP contribution >= 0.6 is 23.2 Å². The minimum Gasteiger partial charge on any atom is -0.508 e. The van der Waals surface area contributed by atoms with Crippen molar-refractivity contribution in [2.24, 2.45) is 5.73 Å². The van der Waals surface area contributed by atoms with E-state index in [0.29, 0.717) is 18.5 Å². The number of aliphatic hydroxyl groups is 2. The molecule has 0 radical (unpaired) electrons. The zero-order valence-electron chi connectivity index (χ0n) is 58.3. The van der Waals surface area contributed by atoms with Gasteiger partial charge in [0, 0.05) is 49.7 Å². The Morgan fingerprint density at radius 3 is 1.82 bits per heavy atom. The van der Waals surface area contributed by atoms with Gasteiger partial charge in [-0.1, -0.05) is 92.9 Å². The van der Waals surface area contributed by atoms with Gasteiger partial charge in [0.1, 0.15) is 88.6 Å². The molecule has 0 spiro atoms. The maximum atomic E-state index is 16.1. The first-order chi connectivity index (χ1) is 50.7. The number of nitrogens with zero attached hydrogens (tertiary/aromatic N) is 1. The Labute approximate surface area is 619 Å². The number of quaternary nitrogens is 1. The number of amides is 7. The summed E-state index contributed by atoms with van der Waals surface area (Å²) in [6.45, 7) is 3.17. The second-order valence-corrected chi connectivity index (χ2v) is 28.2. The second-order valence-electron chi connectivity index (χ2n) is 27.4. The molecule has 30 heteroatoms. The molecule has 6 aliphatic rings. The van der Waals surface area contributed by atoms with Crippen LogP contribution in [0.25, 0.3) is 11.1 Å². The van der Waals surface area contributed by atoms with E-state index in [1.807, 2.05) is 0 Å². The Balaban J connectivity index is 1.05. The molecule has 106 heavy (non-hydrogen) atoms. The number of phenols is 6. The first kappa shape index (κ1) is 76.5. The van der Waals surface area contributed by atoms with Crippen molar-refractivity contribution in [3.8, 4) is 80.1 Å². The standard InChI is InChI=1S/C76H84Cl2N10O18/c1-4-5-6-7-8-9-10-11-23-88(2,3)24-12-21-80-37-48-54(93)36-47-60(68(48)95)46-30-40(15-17-52(46)91)62-73(100)87-66(76(103)86-65(47)72(99)81-22-25-89)67(94)41-16-20-56(50(78)31-41)106-59-34-43-33-58(69(59)96)105-55-19-13-38(26-49(55)77)27-51-70(97)83-63(74(101)85-64(43)75(102)84-62)42-28-44(90)35-45(29-42)104-57-32-39(14-18-53(57)92)61(79)71(98)82-51/h13-20,26,28-36,51,61-67,80,89,94H,4-12,21-25,27,37,79H2,1-3H3,(H12-,81,82,83,84,85,86,87,90,91,92,93,95,96,97,98,99,100,101,102,103)/p+1/t51-,61+,62-,63+,64-,65+,66+,67-/m1/s1. The zero-order chi connectivity index (χ0) is 75.8. The summed E-state index contributed by atoms with van der Waals surface area (Å²) in [6.07, 6.45) is 7.70. The van der Waals surface area contributed by atoms with Crippen molar-refractivity contribution >= 4 is 64.6 Å². The lowest BCUT2D eigenvalue weighted by molar-refractivity contribution is -0.890. The maximum Gasteiger partial charge on any atom is 0.248 e. The molecule has 17 bridgehead atoms. The minimum atomic E-state index is -2.18. The van der Waals surface area contributed by atoms with Crippen LogP contribution in [0, 0.1) is 0 Å². The fourth-order valence-corrected chi connectivity index (χ4v) is 13.9. The third-order valence-corrected chi connectivity index (χ3v) is 19.8. The zero-order valence-corrected chi connectivity index (χ0v) is 59.8. The molecule has 7 amide bonds. The van der Waals surface area contributed by atoms with Crippen LogP contribution in [0.2, 0.25) is 10.0 Å². The number of nitrogens with one attached hydrogen (secondary N) is 8. The number of benzene rings is 7. The summed E-state index contributed by atoms with van der Waals surface area (Å²) in [7, 11) is 4.31. The average Bonchev–Trinajstić information content (AvgIpc) is 0.756. The lowest BCUT2D eigenvalue weighted by Crippen LogP contribution is -2.56. The van der Waals surface area contributed by atoms with Gasteiger partial charge in [0.05, 0.1) is 49.4 Å². The molecule has 0 aromatic heterocycles. The van der Waals surface area contributed by atoms with E-state index in [0.717, 1.165) is 72.9 Å². The Hall–Kier alpha value is -10.6. The number of hydrogen-bond donors (Lipinski definition) is 17. The van der Waals surface area contributed by atoms with Crippen molar-refractivity contribution in [1.29, 1.82) is 0 Å². The second kappa shape index (κ2) is 33.2. The Morgan fingerprint density at radius 1 is 0.547 bits per heavy atom. The van der Waals surface area contributed by atoms with E-state index in [1.54, 1.807) is 0 Å². The number of phenolic OH excluding ortho intramolecular Hbond substituents is 6. The van der Waals surface area contributed by atoms with E-state index >= 15 is 24.0 Å². The van der Waals surface area contributed by atoms with Crippen LogP contribution in [0.5, 0.6) is 69.0 Å². The quantitative estimate of drug-likeness (QED) is 0.0289. The van der Waals surface area contributed by atoms with Crippen molar-refractivity contribution in [3.63, 3.8) is 0 Å². The largest absolute Gasteiger partial charge is 0.508 e. The molecule has 0 fully saturated rings. The number of nitrogens with two attached hydrogens (primary N) is 1. The van der Waals surface area contributed by atoms with E-state index < -0.39 is 142 Å². The summed E-state index contributed by atoms with van der Waals surface area (Å²) in [4.78, 5) is 107. The van der Waals surface area contributed by atoms with Gasteiger partial charge in [-0.05, 0) is 131 Å². The molecular formula is C76H85Cl2N10O18+. The Morgan fingerprint density at radius 2 is 1.14 bits per heavy atom. The van der Waals surface area contributed by atoms with Crippen molar-refractivity contribution in [2.45, 2.75) is 126 Å². The molecule has 18 N–H and O–H groups in total. The number of halogens is 2. The summed E-state index contributed by atoms with van der Waals surface area (Å²) in [5.41, 5.74) is 4.75. The molecule has 560 valence electrons. The van der Waals surface area contributed by atoms with E-state index in [1.165, 1.54) is 105 Å². The topological polar surface area (TPSA) is 431 Å². The number of carbonyl (C=O) groups is 7. The van der Waals surface area contributed by atoms with E-state index in [2.05, 4.69) is 63.6 Å². The van der Waals surface area contributed by atoms with E-state index in [9.17, 15) is 50.4 Å². The van der Waals surface area contributed by atoms with Gasteiger partial charge < -0.3 is 108 Å². The lowest BCUT2D eigenvalue weighted by Gasteiger charge is -2.32. The van der Waals surface area contributed by atoms with Gasteiger partial charge in [0.2, 0.25) is 47.1 Å². The van der Waals surface area contributed by atoms with Gasteiger partial charge in [-0.3, -0.25) is 33.6 Å². The Kier molecular flexibility index (Phi) is 24.0. The summed E-state index contributed by atoms with van der Waals surface area (Å²) in [6, 6.07) is 8.27. The van der Waals surface area contributed by atoms with Crippen molar-refractivity contribution < 1.29 is 93.1 Å². The molecule has 0 saturated heterocycles. The van der Waals surface area contributed by atoms with Gasteiger partial charge in [-0.25, -0.2) is 0 Å². The van der Waals surface area contributed by atoms with Gasteiger partial charge in [-0.15, -0.1) is 0 Å². The molecule has 13 rings (SSSR count). The monoisotopic (exact) mass is 1500 g/mol. The SMILES string of the molecule is CCCCCCCCCC[N+](C)(C)CCCNCc1c(O)cc2c(c1O)-c1cc(ccc1O)[C@H]1NC(=O)[C@@H]3NC(=O)[C@H]4NC(=O)[C@@H](Cc5ccc(c(Cl)c5)Oc5cc3cc(c5O)Oc3ccc(cc3Cl)[C@@H](O)[C@H](NC1=O)C(=O)N[C@@H]2C(=O)NCCO)NC(=O)[C@@H](N)c1ccc(O)c(c1)Oc1cc(O)cc4c1. The number of fused-ring (bicyclic) bond motifs is 14. The van der Waals surface area contributed by atoms with Crippen LogP contribution in [0.4, 0.5) is 0 Å². The highest BCUT2D eigenvalue weighted by Gasteiger charge is 2.42. The molecule has 0 saturated carbocycles. The summed E-state index contributed by atoms with van der Waals surface area (Å²) < 4.78 is 19.4. The molecular weight excluding hydrogens is 1410 g/mol. The van der Waals surface area contributed by atoms with Crippen molar-refractivity contribution in [3.05, 3.63) is 164 Å². The average molecular weight is 1500 g/mol. The Bertz CT molecular complexity index is 4540. The molecule has 6 aliphatic heterocycles. The number of unbranched alkanes of at least 4 members (excludes halogenated alkanes) is 7. The predicted molar refractivity (Wildman–Crippen MR) is 388 cm³/mol. The lowest BCUT2D eigenvalue weighted by atomic mass is 9.87. The number of aromatic hydroxyl groups is 6. The van der Waals surface area contributed by atoms with E-state index in [4.69, 9.17) is 43.1 Å². The molecule has 7 aromatic carbocycles.